The van der Waals surface area contributed by atoms with E-state index >= 15 is 0 Å². The molecular formula is C17H19NO4. The minimum atomic E-state index is -0.786. The summed E-state index contributed by atoms with van der Waals surface area (Å²) in [6.07, 6.45) is 1.95. The van der Waals surface area contributed by atoms with Gasteiger partial charge in [-0.25, -0.2) is 4.79 Å². The molecule has 0 radical (unpaired) electrons. The molecule has 116 valence electrons. The van der Waals surface area contributed by atoms with Crippen molar-refractivity contribution in [1.29, 1.82) is 0 Å². The Kier molecular flexibility index (Phi) is 4.24. The molecule has 2 aliphatic rings. The van der Waals surface area contributed by atoms with Crippen molar-refractivity contribution in [2.75, 3.05) is 6.54 Å². The summed E-state index contributed by atoms with van der Waals surface area (Å²) in [5.41, 5.74) is 0.919. The molecule has 1 aromatic rings. The van der Waals surface area contributed by atoms with E-state index in [1.54, 1.807) is 0 Å². The van der Waals surface area contributed by atoms with Crippen LogP contribution < -0.4 is 5.32 Å². The number of hydrogen-bond donors (Lipinski definition) is 2. The van der Waals surface area contributed by atoms with E-state index in [-0.39, 0.29) is 17.4 Å². The molecule has 0 aromatic heterocycles. The number of esters is 1. The summed E-state index contributed by atoms with van der Waals surface area (Å²) in [6, 6.07) is 9.43. The topological polar surface area (TPSA) is 75.6 Å². The molecule has 2 heterocycles. The van der Waals surface area contributed by atoms with Crippen LogP contribution in [0.4, 0.5) is 0 Å². The minimum absolute atomic E-state index is 0.158. The lowest BCUT2D eigenvalue weighted by molar-refractivity contribution is -0.141. The summed E-state index contributed by atoms with van der Waals surface area (Å²) in [5.74, 6) is -1.25. The van der Waals surface area contributed by atoms with E-state index in [1.807, 2.05) is 30.3 Å². The number of ether oxygens (including phenoxy) is 1. The zero-order chi connectivity index (χ0) is 15.5. The van der Waals surface area contributed by atoms with Crippen LogP contribution in [0.25, 0.3) is 0 Å². The van der Waals surface area contributed by atoms with Gasteiger partial charge in [0.05, 0.1) is 6.04 Å². The van der Waals surface area contributed by atoms with E-state index in [9.17, 15) is 14.7 Å². The molecule has 2 fully saturated rings. The molecule has 0 unspecified atom stereocenters. The molecule has 2 aliphatic heterocycles. The average molecular weight is 301 g/mol. The number of aryl methyl sites for hydroxylation is 1. The third-order valence-electron chi connectivity index (χ3n) is 4.18. The molecule has 3 rings (SSSR count). The standard InChI is InChI=1S/C17H19NO4/c19-15(12-7-4-10-18-12)14-16(20)13(22-17(14)21)9-8-11-5-2-1-3-6-11/h1-3,5-6,12-13,18-19H,4,7-10H2/t12-,13+/m0/s1. The van der Waals surface area contributed by atoms with E-state index in [1.165, 1.54) is 0 Å². The maximum absolute atomic E-state index is 12.3. The van der Waals surface area contributed by atoms with Crippen molar-refractivity contribution in [3.63, 3.8) is 0 Å². The van der Waals surface area contributed by atoms with Crippen molar-refractivity contribution in [2.24, 2.45) is 0 Å². The zero-order valence-electron chi connectivity index (χ0n) is 12.2. The normalized spacial score (nSPS) is 27.1. The van der Waals surface area contributed by atoms with Crippen LogP contribution >= 0.6 is 0 Å². The first-order valence-electron chi connectivity index (χ1n) is 7.62. The maximum Gasteiger partial charge on any atom is 0.346 e. The quantitative estimate of drug-likeness (QED) is 0.383. The fourth-order valence-electron chi connectivity index (χ4n) is 2.96. The Balaban J connectivity index is 1.70. The van der Waals surface area contributed by atoms with Crippen molar-refractivity contribution in [1.82, 2.24) is 5.32 Å². The lowest BCUT2D eigenvalue weighted by Gasteiger charge is -2.10. The van der Waals surface area contributed by atoms with Crippen LogP contribution in [0.5, 0.6) is 0 Å². The van der Waals surface area contributed by atoms with Gasteiger partial charge in [0, 0.05) is 0 Å². The van der Waals surface area contributed by atoms with Gasteiger partial charge in [-0.05, 0) is 37.8 Å². The molecule has 22 heavy (non-hydrogen) atoms. The Morgan fingerprint density at radius 3 is 2.73 bits per heavy atom. The molecule has 0 spiro atoms. The Morgan fingerprint density at radius 2 is 2.05 bits per heavy atom. The number of hydrogen-bond acceptors (Lipinski definition) is 5. The second-order valence-electron chi connectivity index (χ2n) is 5.69. The lowest BCUT2D eigenvalue weighted by Crippen LogP contribution is -2.27. The van der Waals surface area contributed by atoms with Crippen molar-refractivity contribution >= 4 is 11.8 Å². The van der Waals surface area contributed by atoms with E-state index in [2.05, 4.69) is 5.32 Å². The maximum atomic E-state index is 12.3. The van der Waals surface area contributed by atoms with Crippen molar-refractivity contribution in [2.45, 2.75) is 37.8 Å². The highest BCUT2D eigenvalue weighted by Crippen LogP contribution is 2.26. The summed E-state index contributed by atoms with van der Waals surface area (Å²) in [5, 5.41) is 13.3. The van der Waals surface area contributed by atoms with Gasteiger partial charge in [0.25, 0.3) is 0 Å². The number of ketones is 1. The molecule has 1 aromatic carbocycles. The van der Waals surface area contributed by atoms with Gasteiger partial charge in [-0.1, -0.05) is 30.3 Å². The predicted octanol–water partition coefficient (Wildman–Crippen LogP) is 1.68. The molecule has 5 nitrogen and oxygen atoms in total. The number of aliphatic hydroxyl groups is 1. The Labute approximate surface area is 129 Å². The number of cyclic esters (lactones) is 1. The number of aliphatic hydroxyl groups excluding tert-OH is 1. The zero-order valence-corrected chi connectivity index (χ0v) is 12.2. The number of benzene rings is 1. The van der Waals surface area contributed by atoms with E-state index in [0.717, 1.165) is 24.9 Å². The van der Waals surface area contributed by atoms with Gasteiger partial charge in [-0.3, -0.25) is 4.79 Å². The number of rotatable bonds is 4. The van der Waals surface area contributed by atoms with Crippen LogP contribution in [0.3, 0.4) is 0 Å². The third kappa shape index (κ3) is 2.90. The van der Waals surface area contributed by atoms with E-state index < -0.39 is 17.9 Å². The average Bonchev–Trinajstić information content (AvgIpc) is 3.15. The summed E-state index contributed by atoms with van der Waals surface area (Å²) < 4.78 is 5.15. The van der Waals surface area contributed by atoms with Crippen molar-refractivity contribution < 1.29 is 19.4 Å². The summed E-state index contributed by atoms with van der Waals surface area (Å²) in [6.45, 7) is 0.780. The van der Waals surface area contributed by atoms with Crippen LogP contribution in [-0.4, -0.2) is 35.5 Å². The summed E-state index contributed by atoms with van der Waals surface area (Å²) in [4.78, 5) is 24.3. The number of Topliss-reactive ketones (excluding diaryl/α,β-unsaturated/α-hetero) is 1. The third-order valence-corrected chi connectivity index (χ3v) is 4.18. The first-order chi connectivity index (χ1) is 10.7. The Hall–Kier alpha value is -2.14. The molecule has 0 saturated carbocycles. The first-order valence-corrected chi connectivity index (χ1v) is 7.62. The number of carbonyl (C=O) groups is 2. The SMILES string of the molecule is O=C1O[C@H](CCc2ccccc2)C(=O)C1=C(O)[C@@H]1CCCN1. The van der Waals surface area contributed by atoms with Crippen molar-refractivity contribution in [3.8, 4) is 0 Å². The van der Waals surface area contributed by atoms with E-state index in [0.29, 0.717) is 12.8 Å². The minimum Gasteiger partial charge on any atom is -0.510 e. The highest BCUT2D eigenvalue weighted by molar-refractivity contribution is 6.23. The smallest absolute Gasteiger partial charge is 0.346 e. The van der Waals surface area contributed by atoms with E-state index in [4.69, 9.17) is 4.74 Å². The molecule has 2 saturated heterocycles. The molecule has 0 amide bonds. The molecule has 0 aliphatic carbocycles. The highest BCUT2D eigenvalue weighted by atomic mass is 16.6. The molecular weight excluding hydrogens is 282 g/mol. The second kappa shape index (κ2) is 6.32. The monoisotopic (exact) mass is 301 g/mol. The van der Waals surface area contributed by atoms with Crippen LogP contribution in [0.15, 0.2) is 41.7 Å². The second-order valence-corrected chi connectivity index (χ2v) is 5.69. The highest BCUT2D eigenvalue weighted by Gasteiger charge is 2.42. The lowest BCUT2D eigenvalue weighted by atomic mass is 10.00. The first kappa shape index (κ1) is 14.8. The van der Waals surface area contributed by atoms with Crippen LogP contribution in [0.2, 0.25) is 0 Å². The van der Waals surface area contributed by atoms with Gasteiger partial charge in [0.1, 0.15) is 11.3 Å². The number of carbonyl (C=O) groups excluding carboxylic acids is 2. The van der Waals surface area contributed by atoms with Gasteiger partial charge in [-0.2, -0.15) is 0 Å². The van der Waals surface area contributed by atoms with Gasteiger partial charge in [0.2, 0.25) is 5.78 Å². The fourth-order valence-corrected chi connectivity index (χ4v) is 2.96. The fraction of sp³-hybridized carbons (Fsp3) is 0.412. The molecule has 2 N–H and O–H groups in total. The van der Waals surface area contributed by atoms with Gasteiger partial charge < -0.3 is 15.2 Å². The van der Waals surface area contributed by atoms with Crippen molar-refractivity contribution in [3.05, 3.63) is 47.2 Å². The predicted molar refractivity (Wildman–Crippen MR) is 80.3 cm³/mol. The summed E-state index contributed by atoms with van der Waals surface area (Å²) >= 11 is 0. The summed E-state index contributed by atoms with van der Waals surface area (Å²) in [7, 11) is 0. The Bertz CT molecular complexity index is 602. The van der Waals surface area contributed by atoms with Gasteiger partial charge in [-0.15, -0.1) is 0 Å². The molecule has 5 heteroatoms. The van der Waals surface area contributed by atoms with Gasteiger partial charge in [0.15, 0.2) is 6.10 Å². The van der Waals surface area contributed by atoms with Crippen LogP contribution in [0, 0.1) is 0 Å². The number of nitrogens with one attached hydrogen (secondary N) is 1. The Morgan fingerprint density at radius 1 is 1.27 bits per heavy atom. The molecule has 2 atom stereocenters. The molecule has 0 bridgehead atoms. The van der Waals surface area contributed by atoms with Gasteiger partial charge >= 0.3 is 5.97 Å². The van der Waals surface area contributed by atoms with Crippen LogP contribution in [0.1, 0.15) is 24.8 Å². The van der Waals surface area contributed by atoms with Crippen LogP contribution in [-0.2, 0) is 20.7 Å². The largest absolute Gasteiger partial charge is 0.510 e.